The molecule has 0 spiro atoms. The highest BCUT2D eigenvalue weighted by atomic mass is 16.4. The molecule has 3 N–H and O–H groups in total. The number of aromatic nitrogens is 2. The maximum absolute atomic E-state index is 8.76. The van der Waals surface area contributed by atoms with Gasteiger partial charge in [0.2, 0.25) is 0 Å². The first kappa shape index (κ1) is 14.2. The van der Waals surface area contributed by atoms with Crippen molar-refractivity contribution in [1.82, 2.24) is 9.97 Å². The van der Waals surface area contributed by atoms with E-state index in [9.17, 15) is 0 Å². The molecule has 0 fully saturated rings. The molecular formula is C12H21N5O. The molecule has 0 radical (unpaired) electrons. The average Bonchev–Trinajstić information content (AvgIpc) is 2.36. The molecule has 1 heterocycles. The lowest BCUT2D eigenvalue weighted by atomic mass is 10.0. The normalized spacial score (nSPS) is 13.7. The van der Waals surface area contributed by atoms with E-state index in [0.717, 1.165) is 6.42 Å². The maximum atomic E-state index is 8.76. The Kier molecular flexibility index (Phi) is 4.88. The Bertz CT molecular complexity index is 419. The standard InChI is InChI=1S/C12H21N5O/c1-8(2)7-9(3)17(4)12-10(11(13)16-18)14-5-6-15-12/h5-6,8-9,18H,7H2,1-4H3,(H2,13,16). The topological polar surface area (TPSA) is 87.6 Å². The summed E-state index contributed by atoms with van der Waals surface area (Å²) < 4.78 is 0. The van der Waals surface area contributed by atoms with Crippen LogP contribution in [0.25, 0.3) is 0 Å². The van der Waals surface area contributed by atoms with Crippen LogP contribution in [-0.4, -0.2) is 34.1 Å². The van der Waals surface area contributed by atoms with Gasteiger partial charge in [-0.1, -0.05) is 19.0 Å². The summed E-state index contributed by atoms with van der Waals surface area (Å²) in [4.78, 5) is 10.4. The molecule has 6 nitrogen and oxygen atoms in total. The van der Waals surface area contributed by atoms with Crippen molar-refractivity contribution in [1.29, 1.82) is 0 Å². The SMILES string of the molecule is CC(C)CC(C)N(C)c1nccnc1C(N)=NO. The maximum Gasteiger partial charge on any atom is 0.192 e. The quantitative estimate of drug-likeness (QED) is 0.358. The molecule has 0 aliphatic heterocycles. The van der Waals surface area contributed by atoms with E-state index in [1.165, 1.54) is 6.20 Å². The van der Waals surface area contributed by atoms with Gasteiger partial charge in [0.05, 0.1) is 0 Å². The fourth-order valence-corrected chi connectivity index (χ4v) is 1.87. The van der Waals surface area contributed by atoms with E-state index in [-0.39, 0.29) is 5.84 Å². The van der Waals surface area contributed by atoms with E-state index in [4.69, 9.17) is 10.9 Å². The lowest BCUT2D eigenvalue weighted by molar-refractivity contribution is 0.318. The number of hydrogen-bond acceptors (Lipinski definition) is 5. The van der Waals surface area contributed by atoms with Gasteiger partial charge in [0.15, 0.2) is 17.3 Å². The molecular weight excluding hydrogens is 230 g/mol. The van der Waals surface area contributed by atoms with Crippen molar-refractivity contribution >= 4 is 11.7 Å². The first-order valence-corrected chi connectivity index (χ1v) is 5.99. The van der Waals surface area contributed by atoms with Crippen LogP contribution in [-0.2, 0) is 0 Å². The number of nitrogens with two attached hydrogens (primary N) is 1. The van der Waals surface area contributed by atoms with Crippen molar-refractivity contribution < 1.29 is 5.21 Å². The highest BCUT2D eigenvalue weighted by Gasteiger charge is 2.18. The Hall–Kier alpha value is -1.85. The Morgan fingerprint density at radius 3 is 2.56 bits per heavy atom. The smallest absolute Gasteiger partial charge is 0.192 e. The summed E-state index contributed by atoms with van der Waals surface area (Å²) in [5, 5.41) is 11.7. The number of rotatable bonds is 5. The number of anilines is 1. The van der Waals surface area contributed by atoms with E-state index < -0.39 is 0 Å². The second kappa shape index (κ2) is 6.18. The molecule has 6 heteroatoms. The third-order valence-corrected chi connectivity index (χ3v) is 2.84. The van der Waals surface area contributed by atoms with Crippen LogP contribution in [0.4, 0.5) is 5.82 Å². The summed E-state index contributed by atoms with van der Waals surface area (Å²) in [6.07, 6.45) is 4.16. The summed E-state index contributed by atoms with van der Waals surface area (Å²) in [6.45, 7) is 6.46. The van der Waals surface area contributed by atoms with Gasteiger partial charge in [0.1, 0.15) is 0 Å². The number of oxime groups is 1. The molecule has 0 aliphatic rings. The fourth-order valence-electron chi connectivity index (χ4n) is 1.87. The second-order valence-electron chi connectivity index (χ2n) is 4.80. The monoisotopic (exact) mass is 251 g/mol. The van der Waals surface area contributed by atoms with Crippen molar-refractivity contribution in [2.75, 3.05) is 11.9 Å². The predicted octanol–water partition coefficient (Wildman–Crippen LogP) is 1.44. The molecule has 0 saturated carbocycles. The molecule has 0 amide bonds. The number of amidine groups is 1. The molecule has 100 valence electrons. The Labute approximate surface area is 108 Å². The third-order valence-electron chi connectivity index (χ3n) is 2.84. The van der Waals surface area contributed by atoms with E-state index in [1.54, 1.807) is 6.20 Å². The van der Waals surface area contributed by atoms with Crippen molar-refractivity contribution in [3.8, 4) is 0 Å². The van der Waals surface area contributed by atoms with Crippen molar-refractivity contribution in [2.45, 2.75) is 33.2 Å². The molecule has 1 rings (SSSR count). The van der Waals surface area contributed by atoms with Gasteiger partial charge in [-0.05, 0) is 19.3 Å². The summed E-state index contributed by atoms with van der Waals surface area (Å²) in [6, 6.07) is 0.298. The lowest BCUT2D eigenvalue weighted by Crippen LogP contribution is -2.33. The van der Waals surface area contributed by atoms with Gasteiger partial charge in [0.25, 0.3) is 0 Å². The van der Waals surface area contributed by atoms with Gasteiger partial charge in [-0.2, -0.15) is 0 Å². The summed E-state index contributed by atoms with van der Waals surface area (Å²) in [5.74, 6) is 1.19. The van der Waals surface area contributed by atoms with Crippen LogP contribution in [0.3, 0.4) is 0 Å². The van der Waals surface area contributed by atoms with E-state index in [0.29, 0.717) is 23.5 Å². The van der Waals surface area contributed by atoms with Gasteiger partial charge < -0.3 is 15.8 Å². The van der Waals surface area contributed by atoms with Gasteiger partial charge in [-0.15, -0.1) is 0 Å². The second-order valence-corrected chi connectivity index (χ2v) is 4.80. The van der Waals surface area contributed by atoms with Crippen LogP contribution in [0.2, 0.25) is 0 Å². The zero-order chi connectivity index (χ0) is 13.7. The number of hydrogen-bond donors (Lipinski definition) is 2. The van der Waals surface area contributed by atoms with Crippen LogP contribution in [0.1, 0.15) is 32.9 Å². The van der Waals surface area contributed by atoms with E-state index >= 15 is 0 Å². The minimum absolute atomic E-state index is 0.0262. The Morgan fingerprint density at radius 1 is 1.39 bits per heavy atom. The molecule has 0 aromatic carbocycles. The molecule has 18 heavy (non-hydrogen) atoms. The molecule has 0 bridgehead atoms. The Morgan fingerprint density at radius 2 is 2.00 bits per heavy atom. The average molecular weight is 251 g/mol. The van der Waals surface area contributed by atoms with Gasteiger partial charge in [0, 0.05) is 25.5 Å². The third kappa shape index (κ3) is 3.32. The highest BCUT2D eigenvalue weighted by Crippen LogP contribution is 2.19. The first-order valence-electron chi connectivity index (χ1n) is 5.99. The summed E-state index contributed by atoms with van der Waals surface area (Å²) in [7, 11) is 1.94. The first-order chi connectivity index (χ1) is 8.47. The predicted molar refractivity (Wildman–Crippen MR) is 71.9 cm³/mol. The molecule has 0 aliphatic carbocycles. The van der Waals surface area contributed by atoms with Crippen LogP contribution in [0, 0.1) is 5.92 Å². The molecule has 1 aromatic heterocycles. The van der Waals surface area contributed by atoms with Crippen LogP contribution >= 0.6 is 0 Å². The minimum Gasteiger partial charge on any atom is -0.409 e. The van der Waals surface area contributed by atoms with Crippen molar-refractivity contribution in [2.24, 2.45) is 16.8 Å². The molecule has 1 aromatic rings. The zero-order valence-electron chi connectivity index (χ0n) is 11.3. The van der Waals surface area contributed by atoms with Gasteiger partial charge in [-0.3, -0.25) is 0 Å². The summed E-state index contributed by atoms with van der Waals surface area (Å²) in [5.41, 5.74) is 6.01. The van der Waals surface area contributed by atoms with Gasteiger partial charge >= 0.3 is 0 Å². The van der Waals surface area contributed by atoms with Crippen LogP contribution in [0.5, 0.6) is 0 Å². The fraction of sp³-hybridized carbons (Fsp3) is 0.583. The van der Waals surface area contributed by atoms with E-state index in [1.807, 2.05) is 11.9 Å². The molecule has 0 saturated heterocycles. The van der Waals surface area contributed by atoms with Gasteiger partial charge in [-0.25, -0.2) is 9.97 Å². The van der Waals surface area contributed by atoms with Crippen molar-refractivity contribution in [3.05, 3.63) is 18.1 Å². The summed E-state index contributed by atoms with van der Waals surface area (Å²) >= 11 is 0. The molecule has 1 atom stereocenters. The largest absolute Gasteiger partial charge is 0.409 e. The minimum atomic E-state index is -0.0262. The zero-order valence-corrected chi connectivity index (χ0v) is 11.3. The van der Waals surface area contributed by atoms with Crippen molar-refractivity contribution in [3.63, 3.8) is 0 Å². The molecule has 1 unspecified atom stereocenters. The van der Waals surface area contributed by atoms with Crippen LogP contribution in [0.15, 0.2) is 17.5 Å². The van der Waals surface area contributed by atoms with E-state index in [2.05, 4.69) is 35.9 Å². The highest BCUT2D eigenvalue weighted by molar-refractivity contribution is 5.99. The number of nitrogens with zero attached hydrogens (tertiary/aromatic N) is 4. The van der Waals surface area contributed by atoms with Crippen LogP contribution < -0.4 is 10.6 Å². The lowest BCUT2D eigenvalue weighted by Gasteiger charge is -2.28. The Balaban J connectivity index is 3.02.